The van der Waals surface area contributed by atoms with Gasteiger partial charge in [-0.3, -0.25) is 4.79 Å². The molecule has 2 saturated heterocycles. The molecule has 1 aromatic heterocycles. The van der Waals surface area contributed by atoms with Gasteiger partial charge in [0, 0.05) is 17.7 Å². The summed E-state index contributed by atoms with van der Waals surface area (Å²) in [6.45, 7) is -1.48. The second-order valence-corrected chi connectivity index (χ2v) is 13.4. The van der Waals surface area contributed by atoms with Gasteiger partial charge in [-0.2, -0.15) is 0 Å². The summed E-state index contributed by atoms with van der Waals surface area (Å²) in [7, 11) is 3.68. The number of ether oxygens (including phenoxy) is 8. The molecular weight excluding hydrogens is 804 g/mol. The van der Waals surface area contributed by atoms with Gasteiger partial charge in [0.2, 0.25) is 29.5 Å². The molecule has 6 rings (SSSR count). The average Bonchev–Trinajstić information content (AvgIpc) is 3.24. The lowest BCUT2D eigenvalue weighted by Gasteiger charge is -2.40. The fourth-order valence-corrected chi connectivity index (χ4v) is 6.41. The Balaban J connectivity index is 1.33. The van der Waals surface area contributed by atoms with Crippen molar-refractivity contribution in [2.24, 2.45) is 0 Å². The molecule has 2 aliphatic heterocycles. The Bertz CT molecular complexity index is 2270. The summed E-state index contributed by atoms with van der Waals surface area (Å²) in [5.74, 6) is -4.31. The summed E-state index contributed by atoms with van der Waals surface area (Å²) < 4.78 is 49.5. The number of benzene rings is 3. The highest BCUT2D eigenvalue weighted by Gasteiger charge is 2.47. The molecule has 3 heterocycles. The molecule has 10 N–H and O–H groups in total. The number of aliphatic hydroxyl groups is 7. The molecule has 0 bridgehead atoms. The maximum atomic E-state index is 14.3. The lowest BCUT2D eigenvalue weighted by atomic mass is 9.99. The molecule has 4 aromatic rings. The number of hydrogen-bond acceptors (Lipinski definition) is 21. The van der Waals surface area contributed by atoms with Gasteiger partial charge in [0.15, 0.2) is 40.3 Å². The van der Waals surface area contributed by atoms with Crippen LogP contribution in [0.25, 0.3) is 28.4 Å². The van der Waals surface area contributed by atoms with Gasteiger partial charge in [0.1, 0.15) is 66.4 Å². The number of phenolic OH excluding ortho intramolecular Hbond substituents is 3. The van der Waals surface area contributed by atoms with E-state index in [0.29, 0.717) is 5.56 Å². The van der Waals surface area contributed by atoms with Gasteiger partial charge in [0.25, 0.3) is 0 Å². The molecule has 0 spiro atoms. The van der Waals surface area contributed by atoms with Crippen LogP contribution in [0.4, 0.5) is 0 Å². The van der Waals surface area contributed by atoms with Crippen molar-refractivity contribution < 1.29 is 98.2 Å². The molecule has 2 fully saturated rings. The number of phenols is 3. The van der Waals surface area contributed by atoms with Gasteiger partial charge >= 0.3 is 5.97 Å². The third-order valence-corrected chi connectivity index (χ3v) is 9.68. The van der Waals surface area contributed by atoms with Gasteiger partial charge in [-0.15, -0.1) is 0 Å². The van der Waals surface area contributed by atoms with E-state index in [2.05, 4.69) is 0 Å². The third-order valence-electron chi connectivity index (χ3n) is 9.68. The van der Waals surface area contributed by atoms with Gasteiger partial charge in [-0.1, -0.05) is 6.07 Å². The molecule has 2 aliphatic rings. The summed E-state index contributed by atoms with van der Waals surface area (Å²) in [6.07, 6.45) is -15.6. The van der Waals surface area contributed by atoms with E-state index >= 15 is 0 Å². The number of carbonyl (C=O) groups is 1. The zero-order valence-electron chi connectivity index (χ0n) is 31.8. The largest absolute Gasteiger partial charge is 0.504 e. The molecule has 60 heavy (non-hydrogen) atoms. The van der Waals surface area contributed by atoms with Crippen molar-refractivity contribution in [1.29, 1.82) is 0 Å². The molecule has 21 heteroatoms. The van der Waals surface area contributed by atoms with Crippen LogP contribution in [-0.4, -0.2) is 153 Å². The van der Waals surface area contributed by atoms with E-state index in [4.69, 9.17) is 42.3 Å². The van der Waals surface area contributed by atoms with Crippen LogP contribution in [0.5, 0.6) is 46.0 Å². The fraction of sp³-hybridized carbons (Fsp3) is 0.385. The summed E-state index contributed by atoms with van der Waals surface area (Å²) in [5.41, 5.74) is -1.06. The summed E-state index contributed by atoms with van der Waals surface area (Å²) in [5, 5.41) is 104. The van der Waals surface area contributed by atoms with Gasteiger partial charge < -0.3 is 93.4 Å². The molecular formula is C39H42O21. The van der Waals surface area contributed by atoms with E-state index in [0.717, 1.165) is 19.3 Å². The molecule has 10 atom stereocenters. The Morgan fingerprint density at radius 3 is 1.93 bits per heavy atom. The molecule has 324 valence electrons. The lowest BCUT2D eigenvalue weighted by molar-refractivity contribution is -0.278. The second kappa shape index (κ2) is 18.2. The Kier molecular flexibility index (Phi) is 13.2. The maximum absolute atomic E-state index is 14.3. The van der Waals surface area contributed by atoms with Crippen LogP contribution in [0.2, 0.25) is 0 Å². The number of esters is 1. The first-order chi connectivity index (χ1) is 28.6. The van der Waals surface area contributed by atoms with Crippen molar-refractivity contribution in [2.75, 3.05) is 34.5 Å². The molecule has 0 unspecified atom stereocenters. The van der Waals surface area contributed by atoms with Crippen molar-refractivity contribution in [1.82, 2.24) is 0 Å². The van der Waals surface area contributed by atoms with Crippen molar-refractivity contribution in [2.45, 2.75) is 61.4 Å². The molecule has 3 aromatic carbocycles. The van der Waals surface area contributed by atoms with Gasteiger partial charge in [-0.25, -0.2) is 4.79 Å². The van der Waals surface area contributed by atoms with Crippen molar-refractivity contribution in [3.63, 3.8) is 0 Å². The minimum Gasteiger partial charge on any atom is -0.504 e. The second-order valence-electron chi connectivity index (χ2n) is 13.4. The maximum Gasteiger partial charge on any atom is 0.330 e. The van der Waals surface area contributed by atoms with E-state index in [1.165, 1.54) is 56.7 Å². The Morgan fingerprint density at radius 2 is 1.30 bits per heavy atom. The number of aromatic hydroxyl groups is 3. The molecule has 0 saturated carbocycles. The van der Waals surface area contributed by atoms with E-state index in [-0.39, 0.29) is 28.6 Å². The quantitative estimate of drug-likeness (QED) is 0.0583. The number of aliphatic hydroxyl groups excluding tert-OH is 7. The van der Waals surface area contributed by atoms with E-state index in [9.17, 15) is 60.7 Å². The minimum atomic E-state index is -1.98. The van der Waals surface area contributed by atoms with Gasteiger partial charge in [0.05, 0.1) is 27.9 Å². The fourth-order valence-electron chi connectivity index (χ4n) is 6.41. The first-order valence-corrected chi connectivity index (χ1v) is 18.0. The number of carbonyl (C=O) groups excluding carboxylic acids is 1. The van der Waals surface area contributed by atoms with Crippen LogP contribution in [0.1, 0.15) is 5.56 Å². The number of hydrogen-bond donors (Lipinski definition) is 10. The smallest absolute Gasteiger partial charge is 0.330 e. The average molecular weight is 847 g/mol. The highest BCUT2D eigenvalue weighted by molar-refractivity contribution is 5.91. The summed E-state index contributed by atoms with van der Waals surface area (Å²) >= 11 is 0. The van der Waals surface area contributed by atoms with Gasteiger partial charge in [-0.05, 0) is 42.0 Å². The van der Waals surface area contributed by atoms with Crippen LogP contribution in [0, 0.1) is 0 Å². The first-order valence-electron chi connectivity index (χ1n) is 18.0. The first kappa shape index (κ1) is 43.7. The Labute approximate surface area is 338 Å². The number of rotatable bonds is 13. The summed E-state index contributed by atoms with van der Waals surface area (Å²) in [4.78, 5) is 26.8. The highest BCUT2D eigenvalue weighted by Crippen LogP contribution is 2.46. The highest BCUT2D eigenvalue weighted by atomic mass is 16.7. The number of fused-ring (bicyclic) bond motifs is 1. The van der Waals surface area contributed by atoms with Crippen molar-refractivity contribution in [3.05, 3.63) is 64.3 Å². The van der Waals surface area contributed by atoms with Crippen LogP contribution in [0.15, 0.2) is 57.8 Å². The van der Waals surface area contributed by atoms with E-state index in [1.54, 1.807) is 0 Å². The van der Waals surface area contributed by atoms with Crippen LogP contribution >= 0.6 is 0 Å². The third kappa shape index (κ3) is 8.56. The molecule has 0 amide bonds. The predicted molar refractivity (Wildman–Crippen MR) is 201 cm³/mol. The van der Waals surface area contributed by atoms with E-state index in [1.807, 2.05) is 0 Å². The normalized spacial score (nSPS) is 26.8. The Hall–Kier alpha value is -5.88. The summed E-state index contributed by atoms with van der Waals surface area (Å²) in [6, 6.07) is 9.07. The van der Waals surface area contributed by atoms with Crippen LogP contribution in [0.3, 0.4) is 0 Å². The van der Waals surface area contributed by atoms with E-state index < -0.39 is 126 Å². The predicted octanol–water partition coefficient (Wildman–Crippen LogP) is -0.776. The van der Waals surface area contributed by atoms with Crippen molar-refractivity contribution >= 4 is 23.0 Å². The molecule has 0 radical (unpaired) electrons. The standard InChI is InChI=1S/C39H42O21/c1-52-19-10-15(4-7-17(19)41)5-9-25(43)55-14-24-28(45)32(49)33(50)38(59-24)57-22-12-21-26(29(46)36(22)54-3)30(47)37(35(56-21)16-6-8-18(42)20(11-16)53-2)60-39-34(51)31(48)27(44)23(13-40)58-39/h4-12,23-24,27-28,31-34,38-42,44-46,48-51H,13-14H2,1-3H3/b9-5+/t23-,24-,27+,28-,31+,32+,33-,34-,38-,39+/m1/s1. The lowest BCUT2D eigenvalue weighted by Crippen LogP contribution is -2.60. The van der Waals surface area contributed by atoms with Crippen LogP contribution < -0.4 is 29.1 Å². The molecule has 21 nitrogen and oxygen atoms in total. The molecule has 0 aliphatic carbocycles. The topological polar surface area (TPSA) is 323 Å². The zero-order valence-corrected chi connectivity index (χ0v) is 31.8. The van der Waals surface area contributed by atoms with Crippen molar-refractivity contribution in [3.8, 4) is 57.3 Å². The minimum absolute atomic E-state index is 0.0131. The Morgan fingerprint density at radius 1 is 0.700 bits per heavy atom. The van der Waals surface area contributed by atoms with Crippen LogP contribution in [-0.2, 0) is 19.0 Å². The SMILES string of the molecule is COc1cc(/C=C/C(=O)OC[C@H]2O[C@@H](Oc3cc4oc(-c5ccc(O)c(OC)c5)c(O[C@@H]5O[C@H](CO)[C@H](O)[C@H](O)[C@H]5O)c(=O)c4c(O)c3OC)[C@H](O)[C@@H](O)[C@@H]2O)ccc1O. The monoisotopic (exact) mass is 846 g/mol. The number of methoxy groups -OCH3 is 3. The zero-order chi connectivity index (χ0) is 43.6.